The number of para-hydroxylation sites is 1. The minimum atomic E-state index is -0.366. The highest BCUT2D eigenvalue weighted by molar-refractivity contribution is 6.62. The van der Waals surface area contributed by atoms with Crippen molar-refractivity contribution < 1.29 is 13.7 Å². The number of benzene rings is 5. The lowest BCUT2D eigenvalue weighted by atomic mass is 9.78. The van der Waals surface area contributed by atoms with Crippen LogP contribution in [0.25, 0.3) is 54.6 Å². The second-order valence-electron chi connectivity index (χ2n) is 10.9. The van der Waals surface area contributed by atoms with Gasteiger partial charge in [-0.3, -0.25) is 0 Å². The van der Waals surface area contributed by atoms with Gasteiger partial charge in [0.05, 0.1) is 11.2 Å². The van der Waals surface area contributed by atoms with Gasteiger partial charge < -0.3 is 13.7 Å². The minimum Gasteiger partial charge on any atom is -0.456 e. The third-order valence-corrected chi connectivity index (χ3v) is 8.06. The van der Waals surface area contributed by atoms with Crippen molar-refractivity contribution >= 4 is 56.1 Å². The predicted octanol–water partition coefficient (Wildman–Crippen LogP) is 7.86. The van der Waals surface area contributed by atoms with E-state index in [0.29, 0.717) is 0 Å². The Bertz CT molecular complexity index is 1800. The average Bonchev–Trinajstić information content (AvgIpc) is 3.33. The lowest BCUT2D eigenvalue weighted by Gasteiger charge is -2.32. The molecule has 5 aromatic carbocycles. The molecule has 0 amide bonds. The molecule has 2 heterocycles. The summed E-state index contributed by atoms with van der Waals surface area (Å²) < 4.78 is 18.7. The summed E-state index contributed by atoms with van der Waals surface area (Å²) in [5.41, 5.74) is 4.54. The molecule has 3 nitrogen and oxygen atoms in total. The van der Waals surface area contributed by atoms with Gasteiger partial charge in [0.15, 0.2) is 0 Å². The molecule has 0 aliphatic carbocycles. The zero-order valence-electron chi connectivity index (χ0n) is 21.0. The van der Waals surface area contributed by atoms with Gasteiger partial charge in [0, 0.05) is 10.8 Å². The molecule has 0 N–H and O–H groups in total. The molecule has 0 bridgehead atoms. The smallest absolute Gasteiger partial charge is 0.456 e. The van der Waals surface area contributed by atoms with Gasteiger partial charge in [-0.25, -0.2) is 0 Å². The fraction of sp³-hybridized carbons (Fsp3) is 0.188. The van der Waals surface area contributed by atoms with Crippen LogP contribution < -0.4 is 5.46 Å². The molecule has 1 aromatic heterocycles. The Hall–Kier alpha value is -3.60. The van der Waals surface area contributed by atoms with Gasteiger partial charge in [0.25, 0.3) is 0 Å². The summed E-state index contributed by atoms with van der Waals surface area (Å²) in [6.07, 6.45) is 0. The molecule has 6 aromatic rings. The first-order valence-electron chi connectivity index (χ1n) is 12.5. The van der Waals surface area contributed by atoms with Crippen molar-refractivity contribution in [2.45, 2.75) is 38.9 Å². The van der Waals surface area contributed by atoms with E-state index in [9.17, 15) is 0 Å². The van der Waals surface area contributed by atoms with Crippen LogP contribution in [0.4, 0.5) is 0 Å². The van der Waals surface area contributed by atoms with Crippen LogP contribution in [-0.4, -0.2) is 18.3 Å². The van der Waals surface area contributed by atoms with E-state index in [1.165, 1.54) is 32.7 Å². The maximum Gasteiger partial charge on any atom is 0.494 e. The van der Waals surface area contributed by atoms with E-state index >= 15 is 0 Å². The lowest BCUT2D eigenvalue weighted by molar-refractivity contribution is 0.00578. The first kappa shape index (κ1) is 21.7. The maximum absolute atomic E-state index is 6.29. The van der Waals surface area contributed by atoms with Crippen LogP contribution in [0.15, 0.2) is 95.4 Å². The van der Waals surface area contributed by atoms with Crippen molar-refractivity contribution in [1.82, 2.24) is 0 Å². The van der Waals surface area contributed by atoms with Gasteiger partial charge in [0.1, 0.15) is 11.2 Å². The number of hydrogen-bond donors (Lipinski definition) is 0. The molecule has 36 heavy (non-hydrogen) atoms. The van der Waals surface area contributed by atoms with E-state index in [1.807, 2.05) is 12.1 Å². The summed E-state index contributed by atoms with van der Waals surface area (Å²) in [7, 11) is -0.366. The molecule has 0 spiro atoms. The Kier molecular flexibility index (Phi) is 4.49. The van der Waals surface area contributed by atoms with Gasteiger partial charge in [-0.1, -0.05) is 60.7 Å². The number of rotatable bonds is 2. The van der Waals surface area contributed by atoms with E-state index < -0.39 is 0 Å². The fourth-order valence-corrected chi connectivity index (χ4v) is 5.22. The molecule has 1 aliphatic heterocycles. The third-order valence-electron chi connectivity index (χ3n) is 8.06. The quantitative estimate of drug-likeness (QED) is 0.242. The monoisotopic (exact) mass is 470 g/mol. The SMILES string of the molecule is CC1(C)OB(c2ccc3ccc(-c4ccc5cc6c(cc5c4)oc4ccccc46)cc3c2)OC1(C)C. The summed E-state index contributed by atoms with van der Waals surface area (Å²) >= 11 is 0. The zero-order chi connectivity index (χ0) is 24.7. The van der Waals surface area contributed by atoms with Gasteiger partial charge in [-0.2, -0.15) is 0 Å². The van der Waals surface area contributed by atoms with Gasteiger partial charge in [0.2, 0.25) is 0 Å². The molecular formula is C32H27BO3. The molecule has 4 heteroatoms. The van der Waals surface area contributed by atoms with E-state index in [0.717, 1.165) is 27.4 Å². The Labute approximate surface area is 210 Å². The first-order chi connectivity index (χ1) is 17.3. The number of fused-ring (bicyclic) bond motifs is 5. The van der Waals surface area contributed by atoms with E-state index in [1.54, 1.807) is 0 Å². The van der Waals surface area contributed by atoms with Crippen LogP contribution >= 0.6 is 0 Å². The van der Waals surface area contributed by atoms with Gasteiger partial charge in [-0.15, -0.1) is 0 Å². The highest BCUT2D eigenvalue weighted by atomic mass is 16.7. The second-order valence-corrected chi connectivity index (χ2v) is 10.9. The Morgan fingerprint density at radius 3 is 1.92 bits per heavy atom. The van der Waals surface area contributed by atoms with E-state index in [2.05, 4.69) is 107 Å². The third kappa shape index (κ3) is 3.29. The molecule has 0 unspecified atom stereocenters. The number of furan rings is 1. The van der Waals surface area contributed by atoms with Gasteiger partial charge >= 0.3 is 7.12 Å². The van der Waals surface area contributed by atoms with Crippen LogP contribution in [0.1, 0.15) is 27.7 Å². The molecule has 0 radical (unpaired) electrons. The van der Waals surface area contributed by atoms with Crippen LogP contribution in [0.3, 0.4) is 0 Å². The van der Waals surface area contributed by atoms with Gasteiger partial charge in [-0.05, 0) is 96.2 Å². The van der Waals surface area contributed by atoms with Crippen molar-refractivity contribution in [3.05, 3.63) is 91.0 Å². The van der Waals surface area contributed by atoms with E-state index in [-0.39, 0.29) is 18.3 Å². The lowest BCUT2D eigenvalue weighted by Crippen LogP contribution is -2.41. The molecule has 1 fully saturated rings. The Morgan fingerprint density at radius 1 is 0.528 bits per heavy atom. The van der Waals surface area contributed by atoms with Crippen LogP contribution in [0.2, 0.25) is 0 Å². The van der Waals surface area contributed by atoms with Crippen molar-refractivity contribution in [2.75, 3.05) is 0 Å². The predicted molar refractivity (Wildman–Crippen MR) is 150 cm³/mol. The normalized spacial score (nSPS) is 17.1. The average molecular weight is 470 g/mol. The summed E-state index contributed by atoms with van der Waals surface area (Å²) in [6, 6.07) is 32.4. The molecule has 176 valence electrons. The Balaban J connectivity index is 1.29. The van der Waals surface area contributed by atoms with E-state index in [4.69, 9.17) is 13.7 Å². The summed E-state index contributed by atoms with van der Waals surface area (Å²) in [6.45, 7) is 8.35. The summed E-state index contributed by atoms with van der Waals surface area (Å²) in [5.74, 6) is 0. The largest absolute Gasteiger partial charge is 0.494 e. The van der Waals surface area contributed by atoms with Crippen molar-refractivity contribution in [1.29, 1.82) is 0 Å². The minimum absolute atomic E-state index is 0.356. The topological polar surface area (TPSA) is 31.6 Å². The summed E-state index contributed by atoms with van der Waals surface area (Å²) in [5, 5.41) is 7.07. The molecule has 1 aliphatic rings. The van der Waals surface area contributed by atoms with Crippen molar-refractivity contribution in [3.8, 4) is 11.1 Å². The standard InChI is InChI=1S/C32H27BO3/c1-31(2)32(3,4)36-33(35-31)26-14-13-20-9-10-21(15-24(20)17-26)22-11-12-23-18-28-27-7-5-6-8-29(27)34-30(28)19-25(23)16-22/h5-19H,1-4H3. The molecular weight excluding hydrogens is 443 g/mol. The van der Waals surface area contributed by atoms with Crippen LogP contribution in [-0.2, 0) is 9.31 Å². The Morgan fingerprint density at radius 2 is 1.17 bits per heavy atom. The maximum atomic E-state index is 6.29. The highest BCUT2D eigenvalue weighted by Crippen LogP contribution is 2.37. The molecule has 7 rings (SSSR count). The molecule has 0 saturated carbocycles. The second kappa shape index (κ2) is 7.46. The van der Waals surface area contributed by atoms with Crippen LogP contribution in [0, 0.1) is 0 Å². The zero-order valence-corrected chi connectivity index (χ0v) is 21.0. The fourth-order valence-electron chi connectivity index (χ4n) is 5.22. The van der Waals surface area contributed by atoms with Crippen LogP contribution in [0.5, 0.6) is 0 Å². The molecule has 0 atom stereocenters. The molecule has 1 saturated heterocycles. The summed E-state index contributed by atoms with van der Waals surface area (Å²) in [4.78, 5) is 0. The number of hydrogen-bond acceptors (Lipinski definition) is 3. The highest BCUT2D eigenvalue weighted by Gasteiger charge is 2.51. The first-order valence-corrected chi connectivity index (χ1v) is 12.5. The van der Waals surface area contributed by atoms with Crippen molar-refractivity contribution in [3.63, 3.8) is 0 Å². The van der Waals surface area contributed by atoms with Crippen molar-refractivity contribution in [2.24, 2.45) is 0 Å².